The van der Waals surface area contributed by atoms with Crippen molar-refractivity contribution in [2.45, 2.75) is 27.3 Å². The Balaban J connectivity index is -0.000000429. The molecule has 0 aliphatic carbocycles. The van der Waals surface area contributed by atoms with Gasteiger partial charge in [0, 0.05) is 32.8 Å². The van der Waals surface area contributed by atoms with E-state index in [0.29, 0.717) is 0 Å². The van der Waals surface area contributed by atoms with Crippen molar-refractivity contribution >= 4 is 7.81 Å². The Morgan fingerprint density at radius 2 is 1.19 bits per heavy atom. The zero-order valence-electron chi connectivity index (χ0n) is 20.9. The maximum atomic E-state index is 9.87. The summed E-state index contributed by atoms with van der Waals surface area (Å²) in [6.07, 6.45) is 3.54. The first-order valence-corrected chi connectivity index (χ1v) is 12.1. The van der Waals surface area contributed by atoms with Crippen LogP contribution in [0.4, 0.5) is 25.2 Å². The molecule has 13 heteroatoms. The summed E-state index contributed by atoms with van der Waals surface area (Å²) in [5, 5.41) is 14.6. The number of nitrogens with zero attached hydrogens (tertiary/aromatic N) is 5. The molecule has 0 N–H and O–H groups in total. The topological polar surface area (TPSA) is 76.6 Å². The van der Waals surface area contributed by atoms with Crippen molar-refractivity contribution in [3.63, 3.8) is 0 Å². The fourth-order valence-corrected chi connectivity index (χ4v) is 2.00. The first-order chi connectivity index (χ1) is 16.4. The quantitative estimate of drug-likeness (QED) is 0.125. The summed E-state index contributed by atoms with van der Waals surface area (Å²) in [6, 6.07) is 24.6. The van der Waals surface area contributed by atoms with Gasteiger partial charge in [0.05, 0.1) is 23.5 Å². The van der Waals surface area contributed by atoms with Crippen LogP contribution in [0.25, 0.3) is 11.4 Å². The van der Waals surface area contributed by atoms with Gasteiger partial charge in [0.25, 0.3) is 0 Å². The Labute approximate surface area is 226 Å². The molecule has 0 aliphatic heterocycles. The second-order valence-electron chi connectivity index (χ2n) is 6.96. The largest absolute Gasteiger partial charge is 2.00 e. The maximum Gasteiger partial charge on any atom is 2.00 e. The van der Waals surface area contributed by atoms with E-state index in [1.165, 1.54) is 25.0 Å². The molecular formula is C24H28F6N5PRu. The summed E-state index contributed by atoms with van der Waals surface area (Å²) in [6.45, 7) is 5.91. The van der Waals surface area contributed by atoms with E-state index in [4.69, 9.17) is 10.5 Å². The van der Waals surface area contributed by atoms with Crippen LogP contribution in [0.1, 0.15) is 25.0 Å². The van der Waals surface area contributed by atoms with Gasteiger partial charge in [0.2, 0.25) is 0 Å². The fourth-order valence-electron chi connectivity index (χ4n) is 2.00. The molecule has 1 aromatic carbocycles. The summed E-state index contributed by atoms with van der Waals surface area (Å²) in [4.78, 5) is 10.5. The van der Waals surface area contributed by atoms with Crippen LogP contribution in [0, 0.1) is 35.7 Å². The van der Waals surface area contributed by atoms with Crippen LogP contribution in [0.5, 0.6) is 0 Å². The number of benzene rings is 1. The van der Waals surface area contributed by atoms with Crippen molar-refractivity contribution in [1.29, 1.82) is 10.5 Å². The summed E-state index contributed by atoms with van der Waals surface area (Å²) in [7, 11) is -6.53. The minimum Gasteiger partial charge on any atom is -0.255 e. The van der Waals surface area contributed by atoms with Crippen molar-refractivity contribution in [2.24, 2.45) is 0 Å². The van der Waals surface area contributed by atoms with Crippen LogP contribution in [0.3, 0.4) is 0 Å². The van der Waals surface area contributed by atoms with E-state index >= 15 is 0 Å². The van der Waals surface area contributed by atoms with E-state index in [1.54, 1.807) is 24.5 Å². The zero-order chi connectivity index (χ0) is 28.3. The van der Waals surface area contributed by atoms with Gasteiger partial charge in [0.1, 0.15) is 0 Å². The molecule has 0 aliphatic rings. The first-order valence-electron chi connectivity index (χ1n) is 10.1. The number of halogens is 6. The van der Waals surface area contributed by atoms with Crippen LogP contribution < -0.4 is 0 Å². The van der Waals surface area contributed by atoms with Gasteiger partial charge in [-0.15, -0.1) is 5.56 Å². The summed E-state index contributed by atoms with van der Waals surface area (Å²) >= 11 is 0. The number of nitriles is 2. The molecule has 2 heterocycles. The predicted molar refractivity (Wildman–Crippen MR) is 131 cm³/mol. The van der Waals surface area contributed by atoms with Gasteiger partial charge in [-0.2, -0.15) is 40.4 Å². The van der Waals surface area contributed by atoms with Gasteiger partial charge in [-0.3, -0.25) is 9.97 Å². The van der Waals surface area contributed by atoms with Crippen LogP contribution in [-0.4, -0.2) is 29.0 Å². The predicted octanol–water partition coefficient (Wildman–Crippen LogP) is 8.44. The Hall–Kier alpha value is -2.91. The molecule has 0 saturated carbocycles. The third-order valence-electron chi connectivity index (χ3n) is 3.11. The van der Waals surface area contributed by atoms with Crippen molar-refractivity contribution in [3.8, 4) is 23.5 Å². The second-order valence-corrected chi connectivity index (χ2v) is 8.88. The summed E-state index contributed by atoms with van der Waals surface area (Å²) in [5.41, 5.74) is 4.35. The average molecular weight is 633 g/mol. The Kier molecular flexibility index (Phi) is 18.3. The van der Waals surface area contributed by atoms with Gasteiger partial charge < -0.3 is 4.90 Å². The van der Waals surface area contributed by atoms with Crippen molar-refractivity contribution in [3.05, 3.63) is 84.2 Å². The number of aromatic nitrogens is 2. The molecule has 0 amide bonds. The van der Waals surface area contributed by atoms with Gasteiger partial charge in [-0.05, 0) is 38.4 Å². The Morgan fingerprint density at radius 3 is 1.43 bits per heavy atom. The normalized spacial score (nSPS) is 11.1. The molecular weight excluding hydrogens is 604 g/mol. The van der Waals surface area contributed by atoms with Gasteiger partial charge in [-0.25, -0.2) is 0 Å². The average Bonchev–Trinajstić information content (AvgIpc) is 2.76. The molecule has 3 aromatic rings. The van der Waals surface area contributed by atoms with Gasteiger partial charge in [-0.1, -0.05) is 19.1 Å². The van der Waals surface area contributed by atoms with E-state index in [-0.39, 0.29) is 19.5 Å². The van der Waals surface area contributed by atoms with Crippen molar-refractivity contribution in [1.82, 2.24) is 14.9 Å². The molecule has 0 radical (unpaired) electrons. The van der Waals surface area contributed by atoms with Crippen LogP contribution >= 0.6 is 7.81 Å². The third-order valence-corrected chi connectivity index (χ3v) is 3.11. The summed E-state index contributed by atoms with van der Waals surface area (Å²) in [5.74, 6) is 0. The summed E-state index contributed by atoms with van der Waals surface area (Å²) < 4.78 is 59.2. The van der Waals surface area contributed by atoms with E-state index in [1.807, 2.05) is 42.5 Å². The molecule has 5 nitrogen and oxygen atoms in total. The maximum absolute atomic E-state index is 10.7. The standard InChI is InChI=1S/C10H8N2.C10H14N.2C2H3N.F6P.Ru/c1-3-7-11-9(5-1)10-6-2-4-8-12-10;1-9-4-6-10(7-5-9)8-11(2)3;2*1-2-3;1-7(2,3,4,5)6;/h1-8H;4-6H,8H2,1-3H3;2*1H3;;/q;-1;;;-1;+2. The minimum atomic E-state index is -10.7. The number of pyridine rings is 2. The van der Waals surface area contributed by atoms with E-state index in [9.17, 15) is 25.2 Å². The molecule has 37 heavy (non-hydrogen) atoms. The van der Waals surface area contributed by atoms with Crippen molar-refractivity contribution < 1.29 is 44.7 Å². The molecule has 0 unspecified atom stereocenters. The smallest absolute Gasteiger partial charge is 0.255 e. The molecule has 0 atom stereocenters. The van der Waals surface area contributed by atoms with Crippen LogP contribution in [0.2, 0.25) is 0 Å². The van der Waals surface area contributed by atoms with Crippen LogP contribution in [0.15, 0.2) is 67.0 Å². The van der Waals surface area contributed by atoms with Gasteiger partial charge in [0.15, 0.2) is 0 Å². The first kappa shape index (κ1) is 38.6. The molecule has 0 bridgehead atoms. The van der Waals surface area contributed by atoms with E-state index < -0.39 is 7.81 Å². The van der Waals surface area contributed by atoms with E-state index in [2.05, 4.69) is 54.1 Å². The molecule has 3 rings (SSSR count). The number of hydrogen-bond acceptors (Lipinski definition) is 5. The Bertz CT molecular complexity index is 1010. The molecule has 0 spiro atoms. The Morgan fingerprint density at radius 1 is 0.811 bits per heavy atom. The molecule has 0 saturated heterocycles. The molecule has 0 fully saturated rings. The number of aryl methyl sites for hydroxylation is 1. The fraction of sp³-hybridized carbons (Fsp3) is 0.250. The van der Waals surface area contributed by atoms with E-state index in [0.717, 1.165) is 17.9 Å². The molecule has 204 valence electrons. The second kappa shape index (κ2) is 17.5. The van der Waals surface area contributed by atoms with Crippen LogP contribution in [-0.2, 0) is 26.0 Å². The minimum absolute atomic E-state index is 0. The molecule has 2 aromatic heterocycles. The number of hydrogen-bond donors (Lipinski definition) is 0. The SMILES string of the molecule is CC#N.CC#N.Cc1c[c-]c(CN(C)C)cc1.F[P-](F)(F)(F)(F)F.[Ru+2].c1ccc(-c2ccccn2)nc1. The monoisotopic (exact) mass is 633 g/mol. The zero-order valence-corrected chi connectivity index (χ0v) is 23.5. The third kappa shape index (κ3) is 33.1. The van der Waals surface area contributed by atoms with Gasteiger partial charge >= 0.3 is 52.5 Å². The van der Waals surface area contributed by atoms with Crippen molar-refractivity contribution in [2.75, 3.05) is 14.1 Å². The number of rotatable bonds is 3.